The Hall–Kier alpha value is -4.49. The van der Waals surface area contributed by atoms with Gasteiger partial charge in [-0.15, -0.1) is 0 Å². The van der Waals surface area contributed by atoms with Crippen LogP contribution in [0.2, 0.25) is 0 Å². The van der Waals surface area contributed by atoms with Crippen molar-refractivity contribution < 1.29 is 38.6 Å². The number of benzene rings is 3. The van der Waals surface area contributed by atoms with Crippen LogP contribution >= 0.6 is 31.9 Å². The van der Waals surface area contributed by atoms with Gasteiger partial charge in [-0.25, -0.2) is 4.79 Å². The van der Waals surface area contributed by atoms with Gasteiger partial charge in [0.1, 0.15) is 0 Å². The van der Waals surface area contributed by atoms with Crippen molar-refractivity contribution in [2.75, 3.05) is 19.6 Å². The average Bonchev–Trinajstić information content (AvgIpc) is 3.49. The van der Waals surface area contributed by atoms with Crippen LogP contribution in [0.1, 0.15) is 35.4 Å². The number of halogens is 2. The number of hydrogen-bond donors (Lipinski definition) is 2. The largest absolute Gasteiger partial charge is 0.503 e. The quantitative estimate of drug-likeness (QED) is 0.236. The molecule has 2 N–H and O–H groups in total. The molecular weight excluding hydrogens is 762 g/mol. The predicted octanol–water partition coefficient (Wildman–Crippen LogP) is 5.99. The number of allylic oxidation sites excluding steroid dienone is 2. The molecule has 1 saturated carbocycles. The standard InChI is InChI=1S/C36H31Br2N3O8/c1-17-9-11-19(12-10-17)39-41-32(44)24-15-22-20(13-14-21-26(22)33(45)40(31(21)43)35(47)49-3)27(23-16-25(48-2)30(42)29(38)28(23)37)36(24,34(41)46)18-7-5-4-6-8-18/h4-13,16,21-22,24,26-27,39,42H,14-15H2,1-3H3/t21-,22+,24-,26-,27+,36+/m0/s1. The van der Waals surface area contributed by atoms with Gasteiger partial charge >= 0.3 is 6.09 Å². The molecule has 2 aliphatic heterocycles. The molecule has 0 aromatic heterocycles. The van der Waals surface area contributed by atoms with Gasteiger partial charge in [-0.1, -0.05) is 59.7 Å². The number of nitrogens with zero attached hydrogens (tertiary/aromatic N) is 2. The molecule has 3 aromatic carbocycles. The fraction of sp³-hybridized carbons (Fsp3) is 0.306. The molecule has 4 aliphatic rings. The lowest BCUT2D eigenvalue weighted by Crippen LogP contribution is -2.53. The van der Waals surface area contributed by atoms with Crippen LogP contribution < -0.4 is 10.2 Å². The molecule has 0 radical (unpaired) electrons. The number of nitrogens with one attached hydrogen (secondary N) is 1. The van der Waals surface area contributed by atoms with E-state index in [1.54, 1.807) is 30.3 Å². The van der Waals surface area contributed by atoms with E-state index in [1.165, 1.54) is 7.11 Å². The highest BCUT2D eigenvalue weighted by atomic mass is 79.9. The lowest BCUT2D eigenvalue weighted by Gasteiger charge is -2.51. The van der Waals surface area contributed by atoms with Crippen molar-refractivity contribution in [2.45, 2.75) is 31.1 Å². The number of ether oxygens (including phenoxy) is 2. The van der Waals surface area contributed by atoms with Crippen molar-refractivity contribution >= 4 is 67.3 Å². The Morgan fingerprint density at radius 1 is 0.939 bits per heavy atom. The molecule has 13 heteroatoms. The second-order valence-corrected chi connectivity index (χ2v) is 14.3. The summed E-state index contributed by atoms with van der Waals surface area (Å²) in [6.07, 6.45) is 0.989. The lowest BCUT2D eigenvalue weighted by molar-refractivity contribution is -0.140. The van der Waals surface area contributed by atoms with Crippen LogP contribution in [-0.2, 0) is 29.3 Å². The van der Waals surface area contributed by atoms with E-state index in [-0.39, 0.29) is 28.8 Å². The predicted molar refractivity (Wildman–Crippen MR) is 183 cm³/mol. The van der Waals surface area contributed by atoms with Crippen LogP contribution in [-0.4, -0.2) is 59.0 Å². The van der Waals surface area contributed by atoms with E-state index in [4.69, 9.17) is 9.47 Å². The number of likely N-dealkylation sites (tertiary alicyclic amines) is 1. The third-order valence-electron chi connectivity index (χ3n) is 10.5. The second kappa shape index (κ2) is 12.1. The third-order valence-corrected chi connectivity index (χ3v) is 12.6. The molecule has 6 atom stereocenters. The van der Waals surface area contributed by atoms with E-state index >= 15 is 4.79 Å². The summed E-state index contributed by atoms with van der Waals surface area (Å²) in [5.74, 6) is -6.80. The summed E-state index contributed by atoms with van der Waals surface area (Å²) >= 11 is 7.14. The number of hydrogen-bond acceptors (Lipinski definition) is 9. The maximum absolute atomic E-state index is 15.3. The van der Waals surface area contributed by atoms with E-state index in [0.717, 1.165) is 17.7 Å². The number of aromatic hydroxyl groups is 1. The molecule has 3 fully saturated rings. The Balaban J connectivity index is 1.50. The summed E-state index contributed by atoms with van der Waals surface area (Å²) in [7, 11) is 2.51. The number of amides is 5. The number of carbonyl (C=O) groups is 5. The van der Waals surface area contributed by atoms with E-state index in [2.05, 4.69) is 37.3 Å². The number of carbonyl (C=O) groups excluding carboxylic acids is 5. The molecule has 2 heterocycles. The first-order valence-electron chi connectivity index (χ1n) is 15.6. The summed E-state index contributed by atoms with van der Waals surface area (Å²) in [5, 5.41) is 12.0. The highest BCUT2D eigenvalue weighted by molar-refractivity contribution is 9.13. The number of aryl methyl sites for hydroxylation is 1. The molecule has 3 aromatic rings. The zero-order valence-electron chi connectivity index (χ0n) is 26.6. The van der Waals surface area contributed by atoms with E-state index in [9.17, 15) is 24.3 Å². The van der Waals surface area contributed by atoms with Crippen LogP contribution in [0.3, 0.4) is 0 Å². The van der Waals surface area contributed by atoms with Crippen molar-refractivity contribution in [1.29, 1.82) is 0 Å². The molecule has 5 amide bonds. The number of fused-ring (bicyclic) bond motifs is 4. The maximum atomic E-state index is 15.3. The Bertz CT molecular complexity index is 1970. The van der Waals surface area contributed by atoms with Crippen LogP contribution in [0.15, 0.2) is 81.3 Å². The summed E-state index contributed by atoms with van der Waals surface area (Å²) < 4.78 is 11.0. The summed E-state index contributed by atoms with van der Waals surface area (Å²) in [5.41, 5.74) is 4.82. The monoisotopic (exact) mass is 791 g/mol. The number of methoxy groups -OCH3 is 2. The van der Waals surface area contributed by atoms with Crippen molar-refractivity contribution in [1.82, 2.24) is 9.91 Å². The highest BCUT2D eigenvalue weighted by Crippen LogP contribution is 2.65. The number of rotatable bonds is 5. The number of phenols is 1. The molecule has 2 saturated heterocycles. The van der Waals surface area contributed by atoms with Crippen molar-refractivity contribution in [3.63, 3.8) is 0 Å². The minimum absolute atomic E-state index is 0.0527. The van der Waals surface area contributed by atoms with Crippen molar-refractivity contribution in [3.8, 4) is 11.5 Å². The minimum atomic E-state index is -1.54. The van der Waals surface area contributed by atoms with Gasteiger partial charge in [0.2, 0.25) is 11.8 Å². The van der Waals surface area contributed by atoms with Gasteiger partial charge in [0.15, 0.2) is 11.5 Å². The molecule has 11 nitrogen and oxygen atoms in total. The fourth-order valence-corrected chi connectivity index (χ4v) is 9.30. The molecule has 49 heavy (non-hydrogen) atoms. The Kier molecular flexibility index (Phi) is 8.18. The second-order valence-electron chi connectivity index (χ2n) is 12.7. The first-order chi connectivity index (χ1) is 23.5. The van der Waals surface area contributed by atoms with Crippen LogP contribution in [0.4, 0.5) is 10.5 Å². The molecule has 7 rings (SSSR count). The molecule has 2 aliphatic carbocycles. The van der Waals surface area contributed by atoms with Gasteiger partial charge in [0.05, 0.1) is 47.5 Å². The number of anilines is 1. The Morgan fingerprint density at radius 3 is 2.29 bits per heavy atom. The van der Waals surface area contributed by atoms with Crippen LogP contribution in [0.25, 0.3) is 0 Å². The summed E-state index contributed by atoms with van der Waals surface area (Å²) in [6.45, 7) is 1.93. The van der Waals surface area contributed by atoms with Crippen molar-refractivity contribution in [3.05, 3.63) is 97.9 Å². The number of hydrazine groups is 1. The number of phenolic OH excluding ortho intramolecular Hbond substituents is 1. The van der Waals surface area contributed by atoms with Crippen LogP contribution in [0, 0.1) is 30.6 Å². The first kappa shape index (κ1) is 33.0. The normalized spacial score (nSPS) is 27.4. The maximum Gasteiger partial charge on any atom is 0.423 e. The van der Waals surface area contributed by atoms with Gasteiger partial charge in [0, 0.05) is 10.4 Å². The fourth-order valence-electron chi connectivity index (χ4n) is 8.34. The Labute approximate surface area is 298 Å². The van der Waals surface area contributed by atoms with E-state index in [0.29, 0.717) is 31.8 Å². The highest BCUT2D eigenvalue weighted by Gasteiger charge is 2.71. The first-order valence-corrected chi connectivity index (χ1v) is 17.2. The zero-order chi connectivity index (χ0) is 34.9. The van der Waals surface area contributed by atoms with Crippen molar-refractivity contribution in [2.24, 2.45) is 23.7 Å². The SMILES string of the molecule is COC(=O)N1C(=O)[C@H]2[C@H](CC=C3[C@H]2C[C@H]2C(=O)N(Nc4ccc(C)cc4)C(=O)[C@@]2(c2ccccc2)[C@H]3c2cc(OC)c(O)c(Br)c2Br)C1=O. The molecule has 0 bridgehead atoms. The smallest absolute Gasteiger partial charge is 0.423 e. The molecular formula is C36H31Br2N3O8. The third kappa shape index (κ3) is 4.68. The molecule has 0 spiro atoms. The molecule has 0 unspecified atom stereocenters. The van der Waals surface area contributed by atoms with Crippen LogP contribution in [0.5, 0.6) is 11.5 Å². The van der Waals surface area contributed by atoms with Gasteiger partial charge in [0.25, 0.3) is 11.8 Å². The average molecular weight is 793 g/mol. The van der Waals surface area contributed by atoms with Gasteiger partial charge < -0.3 is 14.6 Å². The van der Waals surface area contributed by atoms with Gasteiger partial charge in [-0.2, -0.15) is 9.91 Å². The number of imide groups is 4. The topological polar surface area (TPSA) is 143 Å². The summed E-state index contributed by atoms with van der Waals surface area (Å²) in [6, 6.07) is 18.0. The minimum Gasteiger partial charge on any atom is -0.503 e. The van der Waals surface area contributed by atoms with E-state index in [1.807, 2.05) is 43.3 Å². The van der Waals surface area contributed by atoms with Gasteiger partial charge in [-0.3, -0.25) is 24.6 Å². The lowest BCUT2D eigenvalue weighted by atomic mass is 9.49. The molecule has 252 valence electrons. The van der Waals surface area contributed by atoms with E-state index < -0.39 is 64.7 Å². The van der Waals surface area contributed by atoms with Gasteiger partial charge in [-0.05, 0) is 86.9 Å². The summed E-state index contributed by atoms with van der Waals surface area (Å²) in [4.78, 5) is 70.7. The zero-order valence-corrected chi connectivity index (χ0v) is 29.8. The Morgan fingerprint density at radius 2 is 1.63 bits per heavy atom.